The van der Waals surface area contributed by atoms with Crippen LogP contribution in [-0.4, -0.2) is 68.8 Å². The predicted octanol–water partition coefficient (Wildman–Crippen LogP) is 1.01. The molecule has 0 saturated carbocycles. The Kier molecular flexibility index (Phi) is 7.15. The first kappa shape index (κ1) is 15.9. The third kappa shape index (κ3) is 4.19. The molecule has 1 aliphatic heterocycles. The molecule has 0 spiro atoms. The van der Waals surface area contributed by atoms with Gasteiger partial charge in [-0.1, -0.05) is 13.8 Å². The Bertz CT molecular complexity index is 225. The molecule has 1 rings (SSSR count). The van der Waals surface area contributed by atoms with Crippen LogP contribution in [0.1, 0.15) is 26.7 Å². The van der Waals surface area contributed by atoms with Crippen molar-refractivity contribution in [2.75, 3.05) is 46.9 Å². The maximum Gasteiger partial charge on any atom is 0.0503 e. The van der Waals surface area contributed by atoms with Crippen molar-refractivity contribution in [3.05, 3.63) is 0 Å². The van der Waals surface area contributed by atoms with Crippen LogP contribution >= 0.6 is 0 Å². The smallest absolute Gasteiger partial charge is 0.0503 e. The molecular weight excluding hydrogens is 226 g/mol. The fourth-order valence-electron chi connectivity index (χ4n) is 3.21. The zero-order valence-electron chi connectivity index (χ0n) is 12.6. The van der Waals surface area contributed by atoms with Crippen molar-refractivity contribution in [1.82, 2.24) is 9.80 Å². The van der Waals surface area contributed by atoms with Crippen LogP contribution in [0.15, 0.2) is 0 Å². The molecule has 0 bridgehead atoms. The Morgan fingerprint density at radius 2 is 2.22 bits per heavy atom. The summed E-state index contributed by atoms with van der Waals surface area (Å²) in [5, 5.41) is 0. The molecule has 2 N–H and O–H groups in total. The second-order valence-corrected chi connectivity index (χ2v) is 5.60. The van der Waals surface area contributed by atoms with Crippen molar-refractivity contribution in [3.63, 3.8) is 0 Å². The van der Waals surface area contributed by atoms with Crippen LogP contribution in [0.5, 0.6) is 0 Å². The van der Waals surface area contributed by atoms with E-state index in [-0.39, 0.29) is 0 Å². The van der Waals surface area contributed by atoms with Gasteiger partial charge >= 0.3 is 0 Å². The molecule has 1 fully saturated rings. The van der Waals surface area contributed by atoms with Gasteiger partial charge in [-0.15, -0.1) is 0 Å². The number of likely N-dealkylation sites (tertiary alicyclic amines) is 1. The van der Waals surface area contributed by atoms with E-state index in [0.717, 1.165) is 13.2 Å². The van der Waals surface area contributed by atoms with Crippen LogP contribution in [0.4, 0.5) is 0 Å². The van der Waals surface area contributed by atoms with Crippen LogP contribution < -0.4 is 5.73 Å². The number of rotatable bonds is 8. The highest BCUT2D eigenvalue weighted by molar-refractivity contribution is 4.84. The maximum absolute atomic E-state index is 5.94. The fraction of sp³-hybridized carbons (Fsp3) is 1.00. The van der Waals surface area contributed by atoms with Gasteiger partial charge in [0.2, 0.25) is 0 Å². The van der Waals surface area contributed by atoms with Crippen molar-refractivity contribution in [2.45, 2.75) is 38.8 Å². The van der Waals surface area contributed by atoms with Crippen molar-refractivity contribution in [3.8, 4) is 0 Å². The van der Waals surface area contributed by atoms with Gasteiger partial charge in [-0.3, -0.25) is 4.90 Å². The zero-order chi connectivity index (χ0) is 13.5. The second-order valence-electron chi connectivity index (χ2n) is 5.60. The van der Waals surface area contributed by atoms with Crippen molar-refractivity contribution < 1.29 is 4.74 Å². The normalized spacial score (nSPS) is 24.7. The molecule has 4 nitrogen and oxygen atoms in total. The molecule has 4 heteroatoms. The molecular formula is C14H31N3O. The quantitative estimate of drug-likeness (QED) is 0.705. The summed E-state index contributed by atoms with van der Waals surface area (Å²) in [5.74, 6) is 0.487. The average Bonchev–Trinajstić information content (AvgIpc) is 2.77. The lowest BCUT2D eigenvalue weighted by molar-refractivity contribution is 0.0839. The Labute approximate surface area is 112 Å². The largest absolute Gasteiger partial charge is 0.384 e. The Hall–Kier alpha value is -0.160. The lowest BCUT2D eigenvalue weighted by Gasteiger charge is -2.35. The minimum Gasteiger partial charge on any atom is -0.384 e. The predicted molar refractivity (Wildman–Crippen MR) is 76.8 cm³/mol. The summed E-state index contributed by atoms with van der Waals surface area (Å²) in [6, 6.07) is 1.13. The molecule has 1 aliphatic rings. The number of hydrogen-bond donors (Lipinski definition) is 1. The van der Waals surface area contributed by atoms with Crippen molar-refractivity contribution >= 4 is 0 Å². The third-order valence-corrected chi connectivity index (χ3v) is 4.30. The summed E-state index contributed by atoms with van der Waals surface area (Å²) in [4.78, 5) is 5.02. The van der Waals surface area contributed by atoms with Gasteiger partial charge in [0.05, 0.1) is 6.61 Å². The third-order valence-electron chi connectivity index (χ3n) is 4.30. The Morgan fingerprint density at radius 3 is 2.78 bits per heavy atom. The van der Waals surface area contributed by atoms with E-state index in [4.69, 9.17) is 10.5 Å². The summed E-state index contributed by atoms with van der Waals surface area (Å²) >= 11 is 0. The van der Waals surface area contributed by atoms with Crippen LogP contribution in [0.25, 0.3) is 0 Å². The molecule has 3 unspecified atom stereocenters. The molecule has 0 aromatic heterocycles. The molecule has 0 amide bonds. The first-order valence-corrected chi connectivity index (χ1v) is 7.27. The highest BCUT2D eigenvalue weighted by Gasteiger charge is 2.27. The van der Waals surface area contributed by atoms with Gasteiger partial charge in [0, 0.05) is 32.3 Å². The standard InChI is InChI=1S/C14H31N3O/c1-5-17-8-6-7-13(17)10-16(3)14(9-15)12(2)11-18-4/h12-14H,5-11,15H2,1-4H3. The van der Waals surface area contributed by atoms with E-state index < -0.39 is 0 Å². The van der Waals surface area contributed by atoms with E-state index in [0.29, 0.717) is 24.5 Å². The molecule has 1 saturated heterocycles. The fourth-order valence-corrected chi connectivity index (χ4v) is 3.21. The first-order chi connectivity index (χ1) is 8.63. The van der Waals surface area contributed by atoms with Gasteiger partial charge in [-0.25, -0.2) is 0 Å². The van der Waals surface area contributed by atoms with Gasteiger partial charge in [-0.2, -0.15) is 0 Å². The molecule has 108 valence electrons. The topological polar surface area (TPSA) is 41.7 Å². The number of hydrogen-bond acceptors (Lipinski definition) is 4. The molecule has 3 atom stereocenters. The molecule has 0 aromatic rings. The monoisotopic (exact) mass is 257 g/mol. The van der Waals surface area contributed by atoms with E-state index in [2.05, 4.69) is 30.7 Å². The number of nitrogens with two attached hydrogens (primary N) is 1. The minimum atomic E-state index is 0.421. The van der Waals surface area contributed by atoms with Crippen LogP contribution in [0, 0.1) is 5.92 Å². The number of methoxy groups -OCH3 is 1. The van der Waals surface area contributed by atoms with Crippen LogP contribution in [0.2, 0.25) is 0 Å². The number of likely N-dealkylation sites (N-methyl/N-ethyl adjacent to an activating group) is 2. The van der Waals surface area contributed by atoms with Gasteiger partial charge in [-0.05, 0) is 38.9 Å². The lowest BCUT2D eigenvalue weighted by atomic mass is 10.0. The van der Waals surface area contributed by atoms with Gasteiger partial charge < -0.3 is 15.4 Å². The van der Waals surface area contributed by atoms with E-state index in [9.17, 15) is 0 Å². The first-order valence-electron chi connectivity index (χ1n) is 7.27. The van der Waals surface area contributed by atoms with E-state index in [1.165, 1.54) is 25.9 Å². The molecule has 1 heterocycles. The highest BCUT2D eigenvalue weighted by atomic mass is 16.5. The summed E-state index contributed by atoms with van der Waals surface area (Å²) in [5.41, 5.74) is 5.94. The van der Waals surface area contributed by atoms with Crippen molar-refractivity contribution in [2.24, 2.45) is 11.7 Å². The molecule has 0 aromatic carbocycles. The Morgan fingerprint density at radius 1 is 1.50 bits per heavy atom. The minimum absolute atomic E-state index is 0.421. The highest BCUT2D eigenvalue weighted by Crippen LogP contribution is 2.19. The summed E-state index contributed by atoms with van der Waals surface area (Å²) in [6.07, 6.45) is 2.67. The molecule has 0 aliphatic carbocycles. The summed E-state index contributed by atoms with van der Waals surface area (Å²) < 4.78 is 5.26. The van der Waals surface area contributed by atoms with E-state index in [1.54, 1.807) is 7.11 Å². The molecule has 18 heavy (non-hydrogen) atoms. The summed E-state index contributed by atoms with van der Waals surface area (Å²) in [6.45, 7) is 9.53. The van der Waals surface area contributed by atoms with Crippen LogP contribution in [-0.2, 0) is 4.74 Å². The maximum atomic E-state index is 5.94. The van der Waals surface area contributed by atoms with Crippen LogP contribution in [0.3, 0.4) is 0 Å². The van der Waals surface area contributed by atoms with E-state index in [1.807, 2.05) is 0 Å². The molecule has 0 radical (unpaired) electrons. The zero-order valence-corrected chi connectivity index (χ0v) is 12.6. The number of nitrogens with zero attached hydrogens (tertiary/aromatic N) is 2. The van der Waals surface area contributed by atoms with Gasteiger partial charge in [0.1, 0.15) is 0 Å². The lowest BCUT2D eigenvalue weighted by Crippen LogP contribution is -2.49. The summed E-state index contributed by atoms with van der Waals surface area (Å²) in [7, 11) is 3.97. The Balaban J connectivity index is 2.48. The van der Waals surface area contributed by atoms with Crippen molar-refractivity contribution in [1.29, 1.82) is 0 Å². The van der Waals surface area contributed by atoms with Gasteiger partial charge in [0.15, 0.2) is 0 Å². The van der Waals surface area contributed by atoms with E-state index >= 15 is 0 Å². The average molecular weight is 257 g/mol. The SMILES string of the molecule is CCN1CCCC1CN(C)C(CN)C(C)COC. The number of ether oxygens (including phenoxy) is 1. The van der Waals surface area contributed by atoms with Gasteiger partial charge in [0.25, 0.3) is 0 Å². The second kappa shape index (κ2) is 8.10.